The molecule has 2 rings (SSSR count). The Kier molecular flexibility index (Phi) is 4.36. The fraction of sp³-hybridized carbons (Fsp3) is 0.417. The van der Waals surface area contributed by atoms with E-state index in [2.05, 4.69) is 38.3 Å². The lowest BCUT2D eigenvalue weighted by Gasteiger charge is -2.07. The smallest absolute Gasteiger partial charge is 0.268 e. The predicted octanol–water partition coefficient (Wildman–Crippen LogP) is 2.28. The first-order chi connectivity index (χ1) is 9.10. The number of aryl methyl sites for hydroxylation is 2. The minimum absolute atomic E-state index is 0.151. The number of amides is 1. The molecule has 0 spiro atoms. The minimum Gasteiger partial charge on any atom is -0.343 e. The van der Waals surface area contributed by atoms with Gasteiger partial charge in [0.25, 0.3) is 5.91 Å². The number of aromatic nitrogens is 3. The molecule has 2 heterocycles. The SMILES string of the molecule is CCCn1cc(Br)cc1C(=O)NCc1noc(C)n1. The van der Waals surface area contributed by atoms with Crippen molar-refractivity contribution in [1.29, 1.82) is 0 Å². The lowest BCUT2D eigenvalue weighted by Crippen LogP contribution is -2.25. The molecular formula is C12H15BrN4O2. The van der Waals surface area contributed by atoms with Crippen LogP contribution in [-0.2, 0) is 13.1 Å². The van der Waals surface area contributed by atoms with E-state index in [0.717, 1.165) is 17.4 Å². The van der Waals surface area contributed by atoms with Crippen LogP contribution >= 0.6 is 15.9 Å². The Labute approximate surface area is 119 Å². The van der Waals surface area contributed by atoms with Gasteiger partial charge in [0, 0.05) is 24.1 Å². The number of nitrogens with zero attached hydrogens (tertiary/aromatic N) is 3. The summed E-state index contributed by atoms with van der Waals surface area (Å²) < 4.78 is 7.65. The van der Waals surface area contributed by atoms with Crippen molar-refractivity contribution in [1.82, 2.24) is 20.0 Å². The summed E-state index contributed by atoms with van der Waals surface area (Å²) in [5, 5.41) is 6.50. The maximum Gasteiger partial charge on any atom is 0.268 e. The van der Waals surface area contributed by atoms with Crippen LogP contribution in [0.4, 0.5) is 0 Å². The fourth-order valence-electron chi connectivity index (χ4n) is 1.75. The van der Waals surface area contributed by atoms with Crippen LogP contribution in [0.3, 0.4) is 0 Å². The van der Waals surface area contributed by atoms with Gasteiger partial charge in [-0.15, -0.1) is 0 Å². The Morgan fingerprint density at radius 3 is 3.00 bits per heavy atom. The molecule has 0 aliphatic heterocycles. The predicted molar refractivity (Wildman–Crippen MR) is 72.6 cm³/mol. The van der Waals surface area contributed by atoms with E-state index in [-0.39, 0.29) is 12.5 Å². The maximum absolute atomic E-state index is 12.1. The van der Waals surface area contributed by atoms with Gasteiger partial charge in [0.1, 0.15) is 5.69 Å². The van der Waals surface area contributed by atoms with Crippen molar-refractivity contribution in [3.8, 4) is 0 Å². The van der Waals surface area contributed by atoms with Gasteiger partial charge < -0.3 is 14.4 Å². The summed E-state index contributed by atoms with van der Waals surface area (Å²) in [6.45, 7) is 4.83. The highest BCUT2D eigenvalue weighted by Crippen LogP contribution is 2.15. The number of carbonyl (C=O) groups is 1. The van der Waals surface area contributed by atoms with Crippen molar-refractivity contribution < 1.29 is 9.32 Å². The molecule has 0 saturated heterocycles. The van der Waals surface area contributed by atoms with Crippen LogP contribution in [0.1, 0.15) is 35.5 Å². The van der Waals surface area contributed by atoms with Crippen molar-refractivity contribution >= 4 is 21.8 Å². The lowest BCUT2D eigenvalue weighted by molar-refractivity contribution is 0.0940. The summed E-state index contributed by atoms with van der Waals surface area (Å²) in [6, 6.07) is 1.80. The molecule has 1 amide bonds. The molecular weight excluding hydrogens is 312 g/mol. The van der Waals surface area contributed by atoms with Gasteiger partial charge >= 0.3 is 0 Å². The van der Waals surface area contributed by atoms with Crippen LogP contribution in [0.2, 0.25) is 0 Å². The van der Waals surface area contributed by atoms with Gasteiger partial charge in [-0.25, -0.2) is 0 Å². The summed E-state index contributed by atoms with van der Waals surface area (Å²) in [4.78, 5) is 16.1. The molecule has 102 valence electrons. The van der Waals surface area contributed by atoms with Crippen LogP contribution in [-0.4, -0.2) is 20.6 Å². The molecule has 0 unspecified atom stereocenters. The van der Waals surface area contributed by atoms with Crippen LogP contribution in [0.15, 0.2) is 21.3 Å². The molecule has 7 heteroatoms. The van der Waals surface area contributed by atoms with Crippen LogP contribution in [0, 0.1) is 6.92 Å². The van der Waals surface area contributed by atoms with Gasteiger partial charge in [0.2, 0.25) is 5.89 Å². The summed E-state index contributed by atoms with van der Waals surface area (Å²) >= 11 is 3.38. The fourth-order valence-corrected chi connectivity index (χ4v) is 2.22. The Hall–Kier alpha value is -1.63. The Bertz CT molecular complexity index is 576. The summed E-state index contributed by atoms with van der Waals surface area (Å²) in [6.07, 6.45) is 2.86. The molecule has 0 saturated carbocycles. The number of nitrogens with one attached hydrogen (secondary N) is 1. The second kappa shape index (κ2) is 6.01. The standard InChI is InChI=1S/C12H15BrN4O2/c1-3-4-17-7-9(13)5-10(17)12(18)14-6-11-15-8(2)19-16-11/h5,7H,3-4,6H2,1-2H3,(H,14,18). The third kappa shape index (κ3) is 3.44. The Morgan fingerprint density at radius 1 is 1.58 bits per heavy atom. The topological polar surface area (TPSA) is 73.0 Å². The first-order valence-electron chi connectivity index (χ1n) is 6.03. The molecule has 19 heavy (non-hydrogen) atoms. The van der Waals surface area contributed by atoms with Crippen LogP contribution in [0.25, 0.3) is 0 Å². The van der Waals surface area contributed by atoms with E-state index in [9.17, 15) is 4.79 Å². The average Bonchev–Trinajstić information content (AvgIpc) is 2.93. The van der Waals surface area contributed by atoms with Crippen molar-refractivity contribution in [3.05, 3.63) is 34.1 Å². The zero-order valence-electron chi connectivity index (χ0n) is 10.8. The van der Waals surface area contributed by atoms with Gasteiger partial charge in [0.05, 0.1) is 6.54 Å². The van der Waals surface area contributed by atoms with Gasteiger partial charge in [-0.2, -0.15) is 4.98 Å². The quantitative estimate of drug-likeness (QED) is 0.914. The number of hydrogen-bond donors (Lipinski definition) is 1. The van der Waals surface area contributed by atoms with Crippen LogP contribution < -0.4 is 5.32 Å². The van der Waals surface area contributed by atoms with E-state index in [0.29, 0.717) is 17.4 Å². The third-order valence-electron chi connectivity index (χ3n) is 2.54. The van der Waals surface area contributed by atoms with Crippen molar-refractivity contribution in [3.63, 3.8) is 0 Å². The van der Waals surface area contributed by atoms with E-state index < -0.39 is 0 Å². The number of hydrogen-bond acceptors (Lipinski definition) is 4. The monoisotopic (exact) mass is 326 g/mol. The molecule has 2 aromatic heterocycles. The van der Waals surface area contributed by atoms with Crippen molar-refractivity contribution in [2.45, 2.75) is 33.4 Å². The first kappa shape index (κ1) is 13.8. The highest BCUT2D eigenvalue weighted by atomic mass is 79.9. The third-order valence-corrected chi connectivity index (χ3v) is 2.97. The zero-order valence-corrected chi connectivity index (χ0v) is 12.4. The van der Waals surface area contributed by atoms with E-state index in [4.69, 9.17) is 4.52 Å². The molecule has 6 nitrogen and oxygen atoms in total. The van der Waals surface area contributed by atoms with E-state index in [1.807, 2.05) is 10.8 Å². The van der Waals surface area contributed by atoms with Crippen molar-refractivity contribution in [2.75, 3.05) is 0 Å². The van der Waals surface area contributed by atoms with Crippen LogP contribution in [0.5, 0.6) is 0 Å². The van der Waals surface area contributed by atoms with Gasteiger partial charge in [-0.3, -0.25) is 4.79 Å². The van der Waals surface area contributed by atoms with Gasteiger partial charge in [-0.1, -0.05) is 12.1 Å². The molecule has 1 N–H and O–H groups in total. The lowest BCUT2D eigenvalue weighted by atomic mass is 10.3. The van der Waals surface area contributed by atoms with Gasteiger partial charge in [0.15, 0.2) is 5.82 Å². The first-order valence-corrected chi connectivity index (χ1v) is 6.82. The normalized spacial score (nSPS) is 10.7. The minimum atomic E-state index is -0.151. The molecule has 0 fully saturated rings. The maximum atomic E-state index is 12.1. The number of halogens is 1. The number of rotatable bonds is 5. The molecule has 0 aromatic carbocycles. The summed E-state index contributed by atoms with van der Waals surface area (Å²) in [5.74, 6) is 0.807. The highest BCUT2D eigenvalue weighted by molar-refractivity contribution is 9.10. The Morgan fingerprint density at radius 2 is 2.37 bits per heavy atom. The van der Waals surface area contributed by atoms with Crippen molar-refractivity contribution in [2.24, 2.45) is 0 Å². The zero-order chi connectivity index (χ0) is 13.8. The summed E-state index contributed by atoms with van der Waals surface area (Å²) in [5.41, 5.74) is 0.619. The average molecular weight is 327 g/mol. The van der Waals surface area contributed by atoms with Gasteiger partial charge in [-0.05, 0) is 28.4 Å². The molecule has 0 aliphatic rings. The molecule has 0 aliphatic carbocycles. The molecule has 0 atom stereocenters. The molecule has 2 aromatic rings. The molecule has 0 radical (unpaired) electrons. The largest absolute Gasteiger partial charge is 0.343 e. The highest BCUT2D eigenvalue weighted by Gasteiger charge is 2.13. The summed E-state index contributed by atoms with van der Waals surface area (Å²) in [7, 11) is 0. The second-order valence-corrected chi connectivity index (χ2v) is 5.06. The van der Waals surface area contributed by atoms with E-state index >= 15 is 0 Å². The number of carbonyl (C=O) groups excluding carboxylic acids is 1. The van der Waals surface area contributed by atoms with E-state index in [1.165, 1.54) is 0 Å². The van der Waals surface area contributed by atoms with E-state index in [1.54, 1.807) is 13.0 Å². The Balaban J connectivity index is 2.03. The second-order valence-electron chi connectivity index (χ2n) is 4.15. The molecule has 0 bridgehead atoms.